The van der Waals surface area contributed by atoms with Crippen LogP contribution in [-0.2, 0) is 65.4 Å². The molecule has 0 aromatic rings. The van der Waals surface area contributed by atoms with Crippen LogP contribution in [0.1, 0.15) is 459 Å². The van der Waals surface area contributed by atoms with Gasteiger partial charge in [-0.1, -0.05) is 408 Å². The van der Waals surface area contributed by atoms with Crippen LogP contribution >= 0.6 is 15.6 Å². The molecule has 0 rings (SSSR count). The standard InChI is InChI=1S/C86H168O17P2/c1-7-9-11-13-15-17-19-21-22-25-29-33-39-45-51-57-63-69-84(89)97-74-81(102-85(90)70-64-58-52-46-40-34-30-27-24-23-26-28-32-36-42-48-54-60-66-78(3)4)76-100-104(92,93)98-72-80(87)73-99-105(94,95)101-77-82(75-96-83(88)68-62-56-50-44-38-31-20-18-16-14-12-10-8-2)103-86(91)71-65-59-53-47-41-35-37-43-49-55-61-67-79(5)6/h78-82,87H,7-77H2,1-6H3,(H,92,93)(H,94,95)/t80-,81-,82-/m1/s1. The Bertz CT molecular complexity index is 2010. The summed E-state index contributed by atoms with van der Waals surface area (Å²) < 4.78 is 68.9. The van der Waals surface area contributed by atoms with Crippen molar-refractivity contribution in [2.24, 2.45) is 11.8 Å². The zero-order valence-electron chi connectivity index (χ0n) is 69.0. The molecule has 3 N–H and O–H groups in total. The third-order valence-corrected chi connectivity index (χ3v) is 22.1. The lowest BCUT2D eigenvalue weighted by Crippen LogP contribution is -2.30. The molecule has 0 radical (unpaired) electrons. The molecule has 0 heterocycles. The van der Waals surface area contributed by atoms with E-state index in [0.717, 1.165) is 102 Å². The number of hydrogen-bond acceptors (Lipinski definition) is 15. The summed E-state index contributed by atoms with van der Waals surface area (Å²) in [6.45, 7) is 9.71. The Kier molecular flexibility index (Phi) is 76.0. The molecule has 0 amide bonds. The highest BCUT2D eigenvalue weighted by Gasteiger charge is 2.30. The monoisotopic (exact) mass is 1540 g/mol. The number of hydrogen-bond donors (Lipinski definition) is 3. The van der Waals surface area contributed by atoms with Crippen LogP contribution in [0, 0.1) is 11.8 Å². The summed E-state index contributed by atoms with van der Waals surface area (Å²) in [5, 5.41) is 10.7. The summed E-state index contributed by atoms with van der Waals surface area (Å²) in [5.41, 5.74) is 0. The second kappa shape index (κ2) is 77.4. The number of phosphoric acid groups is 2. The second-order valence-corrected chi connectivity index (χ2v) is 34.8. The van der Waals surface area contributed by atoms with Crippen molar-refractivity contribution in [1.82, 2.24) is 0 Å². The highest BCUT2D eigenvalue weighted by atomic mass is 31.2. The molecule has 19 heteroatoms. The van der Waals surface area contributed by atoms with Gasteiger partial charge in [-0.25, -0.2) is 9.13 Å². The van der Waals surface area contributed by atoms with Gasteiger partial charge in [-0.15, -0.1) is 0 Å². The van der Waals surface area contributed by atoms with Crippen molar-refractivity contribution in [3.8, 4) is 0 Å². The summed E-state index contributed by atoms with van der Waals surface area (Å²) in [4.78, 5) is 73.3. The van der Waals surface area contributed by atoms with E-state index in [1.807, 2.05) is 0 Å². The van der Waals surface area contributed by atoms with Gasteiger partial charge in [0.15, 0.2) is 12.2 Å². The topological polar surface area (TPSA) is 237 Å². The van der Waals surface area contributed by atoms with E-state index in [9.17, 15) is 43.2 Å². The van der Waals surface area contributed by atoms with Gasteiger partial charge in [-0.2, -0.15) is 0 Å². The first-order valence-corrected chi connectivity index (χ1v) is 47.5. The lowest BCUT2D eigenvalue weighted by atomic mass is 10.0. The van der Waals surface area contributed by atoms with Crippen LogP contribution < -0.4 is 0 Å². The molecule has 0 aliphatic carbocycles. The first kappa shape index (κ1) is 103. The van der Waals surface area contributed by atoms with Gasteiger partial charge in [0, 0.05) is 25.7 Å². The van der Waals surface area contributed by atoms with Crippen molar-refractivity contribution in [2.75, 3.05) is 39.6 Å². The fourth-order valence-electron chi connectivity index (χ4n) is 13.4. The average molecular weight is 1540 g/mol. The van der Waals surface area contributed by atoms with Crippen molar-refractivity contribution in [3.05, 3.63) is 0 Å². The summed E-state index contributed by atoms with van der Waals surface area (Å²) in [6.07, 6.45) is 69.3. The van der Waals surface area contributed by atoms with Gasteiger partial charge in [-0.3, -0.25) is 37.3 Å². The number of aliphatic hydroxyl groups is 1. The minimum absolute atomic E-state index is 0.107. The van der Waals surface area contributed by atoms with Crippen molar-refractivity contribution < 1.29 is 80.2 Å². The number of carbonyl (C=O) groups is 4. The van der Waals surface area contributed by atoms with Gasteiger partial charge in [0.05, 0.1) is 26.4 Å². The van der Waals surface area contributed by atoms with Crippen molar-refractivity contribution in [3.63, 3.8) is 0 Å². The van der Waals surface area contributed by atoms with Crippen LogP contribution in [0.3, 0.4) is 0 Å². The van der Waals surface area contributed by atoms with Crippen LogP contribution in [0.5, 0.6) is 0 Å². The molecule has 0 bridgehead atoms. The Morgan fingerprint density at radius 1 is 0.257 bits per heavy atom. The van der Waals surface area contributed by atoms with E-state index in [2.05, 4.69) is 41.5 Å². The number of esters is 4. The van der Waals surface area contributed by atoms with Gasteiger partial charge in [0.25, 0.3) is 0 Å². The van der Waals surface area contributed by atoms with Crippen molar-refractivity contribution >= 4 is 39.5 Å². The molecule has 0 saturated heterocycles. The maximum atomic E-state index is 13.1. The first-order chi connectivity index (χ1) is 50.9. The van der Waals surface area contributed by atoms with Crippen LogP contribution in [-0.4, -0.2) is 96.7 Å². The predicted octanol–water partition coefficient (Wildman–Crippen LogP) is 26.2. The molecule has 2 unspecified atom stereocenters. The third-order valence-electron chi connectivity index (χ3n) is 20.2. The minimum atomic E-state index is -4.97. The summed E-state index contributed by atoms with van der Waals surface area (Å²) in [7, 11) is -9.93. The smallest absolute Gasteiger partial charge is 0.462 e. The Hall–Kier alpha value is -1.94. The molecule has 0 aliphatic heterocycles. The van der Waals surface area contributed by atoms with E-state index in [1.54, 1.807) is 0 Å². The molecule has 0 saturated carbocycles. The van der Waals surface area contributed by atoms with Gasteiger partial charge in [0.1, 0.15) is 19.3 Å². The van der Waals surface area contributed by atoms with E-state index >= 15 is 0 Å². The molecule has 105 heavy (non-hydrogen) atoms. The fraction of sp³-hybridized carbons (Fsp3) is 0.953. The van der Waals surface area contributed by atoms with Gasteiger partial charge < -0.3 is 33.8 Å². The van der Waals surface area contributed by atoms with Gasteiger partial charge >= 0.3 is 39.5 Å². The van der Waals surface area contributed by atoms with Gasteiger partial charge in [-0.05, 0) is 37.5 Å². The average Bonchev–Trinajstić information content (AvgIpc) is 0.941. The number of unbranched alkanes of at least 4 members (excludes halogenated alkanes) is 55. The Morgan fingerprint density at radius 2 is 0.438 bits per heavy atom. The van der Waals surface area contributed by atoms with E-state index in [-0.39, 0.29) is 25.7 Å². The maximum absolute atomic E-state index is 13.1. The van der Waals surface area contributed by atoms with Crippen LogP contribution in [0.15, 0.2) is 0 Å². The Morgan fingerprint density at radius 3 is 0.648 bits per heavy atom. The van der Waals surface area contributed by atoms with E-state index in [4.69, 9.17) is 37.0 Å². The quantitative estimate of drug-likeness (QED) is 0.0222. The Balaban J connectivity index is 5.25. The molecule has 0 aromatic carbocycles. The first-order valence-electron chi connectivity index (χ1n) is 44.5. The van der Waals surface area contributed by atoms with Crippen molar-refractivity contribution in [2.45, 2.75) is 477 Å². The molecule has 624 valence electrons. The zero-order valence-corrected chi connectivity index (χ0v) is 70.8. The molecule has 0 fully saturated rings. The number of rotatable bonds is 85. The molecular formula is C86H168O17P2. The maximum Gasteiger partial charge on any atom is 0.472 e. The van der Waals surface area contributed by atoms with E-state index < -0.39 is 97.5 Å². The second-order valence-electron chi connectivity index (χ2n) is 31.9. The lowest BCUT2D eigenvalue weighted by molar-refractivity contribution is -0.161. The third kappa shape index (κ3) is 79.9. The fourth-order valence-corrected chi connectivity index (χ4v) is 15.0. The number of aliphatic hydroxyl groups excluding tert-OH is 1. The number of ether oxygens (including phenoxy) is 4. The highest BCUT2D eigenvalue weighted by molar-refractivity contribution is 7.47. The molecular weight excluding hydrogens is 1370 g/mol. The predicted molar refractivity (Wildman–Crippen MR) is 432 cm³/mol. The lowest BCUT2D eigenvalue weighted by Gasteiger charge is -2.21. The minimum Gasteiger partial charge on any atom is -0.462 e. The van der Waals surface area contributed by atoms with Crippen LogP contribution in [0.25, 0.3) is 0 Å². The molecule has 0 aliphatic rings. The van der Waals surface area contributed by atoms with Crippen LogP contribution in [0.2, 0.25) is 0 Å². The summed E-state index contributed by atoms with van der Waals surface area (Å²) in [5.74, 6) is -0.514. The van der Waals surface area contributed by atoms with E-state index in [0.29, 0.717) is 25.7 Å². The summed E-state index contributed by atoms with van der Waals surface area (Å²) >= 11 is 0. The molecule has 0 spiro atoms. The Labute approximate surface area is 645 Å². The normalized spacial score (nSPS) is 13.8. The van der Waals surface area contributed by atoms with Crippen molar-refractivity contribution in [1.29, 1.82) is 0 Å². The SMILES string of the molecule is CCCCCCCCCCCCCCCCCCCC(=O)OC[C@H](COP(=O)(O)OC[C@@H](O)COP(=O)(O)OC[C@@H](COC(=O)CCCCCCCCCCCCCCC)OC(=O)CCCCCCCCCCCCCC(C)C)OC(=O)CCCCCCCCCCCCCCCCCCCCC(C)C. The number of carbonyl (C=O) groups excluding carboxylic acids is 4. The number of phosphoric ester groups is 2. The van der Waals surface area contributed by atoms with E-state index in [1.165, 1.54) is 276 Å². The van der Waals surface area contributed by atoms with Crippen LogP contribution in [0.4, 0.5) is 0 Å². The van der Waals surface area contributed by atoms with Gasteiger partial charge in [0.2, 0.25) is 0 Å². The summed E-state index contributed by atoms with van der Waals surface area (Å²) in [6, 6.07) is 0. The molecule has 0 aromatic heterocycles. The zero-order chi connectivity index (χ0) is 77.1. The highest BCUT2D eigenvalue weighted by Crippen LogP contribution is 2.45. The largest absolute Gasteiger partial charge is 0.472 e. The molecule has 17 nitrogen and oxygen atoms in total. The molecule has 5 atom stereocenters.